The van der Waals surface area contributed by atoms with Crippen molar-refractivity contribution in [3.8, 4) is 0 Å². The smallest absolute Gasteiger partial charge is 0.264 e. The van der Waals surface area contributed by atoms with Crippen LogP contribution in [0.3, 0.4) is 0 Å². The molecular formula is C14H12N2O2. The van der Waals surface area contributed by atoms with Crippen LogP contribution in [-0.2, 0) is 0 Å². The fourth-order valence-corrected chi connectivity index (χ4v) is 1.92. The zero-order valence-electron chi connectivity index (χ0n) is 9.69. The van der Waals surface area contributed by atoms with Crippen molar-refractivity contribution < 1.29 is 4.92 Å². The Morgan fingerprint density at radius 2 is 2.06 bits per heavy atom. The van der Waals surface area contributed by atoms with Crippen LogP contribution in [-0.4, -0.2) is 9.91 Å². The predicted octanol–water partition coefficient (Wildman–Crippen LogP) is 3.31. The molecule has 4 heteroatoms. The topological polar surface area (TPSA) is 56.0 Å². The molecule has 1 aromatic heterocycles. The molecule has 1 atom stereocenters. The number of para-hydroxylation sites is 1. The van der Waals surface area contributed by atoms with Gasteiger partial charge in [-0.3, -0.25) is 15.1 Å². The van der Waals surface area contributed by atoms with Crippen molar-refractivity contribution in [3.05, 3.63) is 82.7 Å². The number of nitro groups is 1. The molecule has 2 rings (SSSR count). The van der Waals surface area contributed by atoms with Gasteiger partial charge in [0, 0.05) is 29.9 Å². The Kier molecular flexibility index (Phi) is 3.48. The fraction of sp³-hybridized carbons (Fsp3) is 0.0714. The van der Waals surface area contributed by atoms with Gasteiger partial charge in [-0.15, -0.1) is 6.58 Å². The Hall–Kier alpha value is -2.49. The van der Waals surface area contributed by atoms with E-state index < -0.39 is 0 Å². The van der Waals surface area contributed by atoms with Crippen molar-refractivity contribution in [1.29, 1.82) is 0 Å². The van der Waals surface area contributed by atoms with Crippen molar-refractivity contribution in [2.45, 2.75) is 5.92 Å². The summed E-state index contributed by atoms with van der Waals surface area (Å²) in [6.07, 6.45) is 5.06. The van der Waals surface area contributed by atoms with Gasteiger partial charge >= 0.3 is 0 Å². The summed E-state index contributed by atoms with van der Waals surface area (Å²) in [5.74, 6) is -0.222. The van der Waals surface area contributed by atoms with Gasteiger partial charge in [0.25, 0.3) is 5.69 Å². The van der Waals surface area contributed by atoms with Crippen molar-refractivity contribution in [2.75, 3.05) is 0 Å². The minimum absolute atomic E-state index is 0.103. The molecule has 0 spiro atoms. The van der Waals surface area contributed by atoms with Crippen LogP contribution < -0.4 is 0 Å². The average molecular weight is 240 g/mol. The molecule has 1 aromatic carbocycles. The van der Waals surface area contributed by atoms with Gasteiger partial charge in [-0.2, -0.15) is 0 Å². The maximum Gasteiger partial charge on any atom is 0.273 e. The number of allylic oxidation sites excluding steroid dienone is 1. The summed E-state index contributed by atoms with van der Waals surface area (Å²) < 4.78 is 0. The third kappa shape index (κ3) is 2.27. The minimum atomic E-state index is -0.373. The summed E-state index contributed by atoms with van der Waals surface area (Å²) in [5.41, 5.74) is 1.62. The number of hydrogen-bond acceptors (Lipinski definition) is 3. The molecule has 2 aromatic rings. The predicted molar refractivity (Wildman–Crippen MR) is 69.4 cm³/mol. The normalized spacial score (nSPS) is 11.8. The van der Waals surface area contributed by atoms with Gasteiger partial charge in [0.05, 0.1) is 4.92 Å². The molecule has 0 bridgehead atoms. The molecule has 0 radical (unpaired) electrons. The number of nitrogens with zero attached hydrogens (tertiary/aromatic N) is 2. The standard InChI is InChI=1S/C14H12N2O2/c1-2-12(11-6-5-9-15-10-11)13-7-3-4-8-14(13)16(17)18/h2-10,12H,1H2. The van der Waals surface area contributed by atoms with E-state index >= 15 is 0 Å². The highest BCUT2D eigenvalue weighted by Gasteiger charge is 2.20. The van der Waals surface area contributed by atoms with Gasteiger partial charge in [0.1, 0.15) is 0 Å². The second kappa shape index (κ2) is 5.23. The second-order valence-corrected chi connectivity index (χ2v) is 3.82. The Morgan fingerprint density at radius 1 is 1.28 bits per heavy atom. The maximum absolute atomic E-state index is 11.0. The van der Waals surface area contributed by atoms with Crippen LogP contribution >= 0.6 is 0 Å². The summed E-state index contributed by atoms with van der Waals surface area (Å²) >= 11 is 0. The molecule has 0 fully saturated rings. The lowest BCUT2D eigenvalue weighted by molar-refractivity contribution is -0.385. The van der Waals surface area contributed by atoms with Crippen molar-refractivity contribution in [2.24, 2.45) is 0 Å². The van der Waals surface area contributed by atoms with E-state index in [9.17, 15) is 10.1 Å². The van der Waals surface area contributed by atoms with Gasteiger partial charge in [-0.1, -0.05) is 30.3 Å². The molecular weight excluding hydrogens is 228 g/mol. The van der Waals surface area contributed by atoms with E-state index in [4.69, 9.17) is 0 Å². The molecule has 1 heterocycles. The highest BCUT2D eigenvalue weighted by atomic mass is 16.6. The molecule has 0 saturated heterocycles. The number of pyridine rings is 1. The molecule has 1 unspecified atom stereocenters. The fourth-order valence-electron chi connectivity index (χ4n) is 1.92. The first-order valence-electron chi connectivity index (χ1n) is 5.50. The van der Waals surface area contributed by atoms with Gasteiger partial charge in [0.15, 0.2) is 0 Å². The Morgan fingerprint density at radius 3 is 2.67 bits per heavy atom. The molecule has 0 saturated carbocycles. The van der Waals surface area contributed by atoms with Crippen LogP contribution in [0.1, 0.15) is 17.0 Å². The quantitative estimate of drug-likeness (QED) is 0.468. The lowest BCUT2D eigenvalue weighted by atomic mass is 9.91. The molecule has 18 heavy (non-hydrogen) atoms. The zero-order chi connectivity index (χ0) is 13.0. The van der Waals surface area contributed by atoms with E-state index in [1.54, 1.807) is 42.7 Å². The largest absolute Gasteiger partial charge is 0.273 e. The molecule has 0 N–H and O–H groups in total. The minimum Gasteiger partial charge on any atom is -0.264 e. The van der Waals surface area contributed by atoms with Crippen LogP contribution in [0.4, 0.5) is 5.69 Å². The van der Waals surface area contributed by atoms with Crippen molar-refractivity contribution in [1.82, 2.24) is 4.98 Å². The number of aromatic nitrogens is 1. The first-order valence-corrected chi connectivity index (χ1v) is 5.50. The first kappa shape index (κ1) is 12.0. The number of nitro benzene ring substituents is 1. The van der Waals surface area contributed by atoms with E-state index in [0.717, 1.165) is 5.56 Å². The Labute approximate surface area is 105 Å². The maximum atomic E-state index is 11.0. The van der Waals surface area contributed by atoms with Gasteiger partial charge in [-0.25, -0.2) is 0 Å². The summed E-state index contributed by atoms with van der Waals surface area (Å²) in [6.45, 7) is 3.76. The molecule has 0 aliphatic rings. The van der Waals surface area contributed by atoms with E-state index in [1.165, 1.54) is 6.07 Å². The van der Waals surface area contributed by atoms with E-state index in [-0.39, 0.29) is 16.5 Å². The third-order valence-corrected chi connectivity index (χ3v) is 2.75. The zero-order valence-corrected chi connectivity index (χ0v) is 9.69. The van der Waals surface area contributed by atoms with E-state index in [0.29, 0.717) is 5.56 Å². The van der Waals surface area contributed by atoms with Crippen molar-refractivity contribution >= 4 is 5.69 Å². The molecule has 90 valence electrons. The number of rotatable bonds is 4. The lowest BCUT2D eigenvalue weighted by Crippen LogP contribution is -2.02. The molecule has 0 aliphatic heterocycles. The van der Waals surface area contributed by atoms with Gasteiger partial charge < -0.3 is 0 Å². The molecule has 0 amide bonds. The second-order valence-electron chi connectivity index (χ2n) is 3.82. The third-order valence-electron chi connectivity index (χ3n) is 2.75. The van der Waals surface area contributed by atoms with E-state index in [1.807, 2.05) is 6.07 Å². The Bertz CT molecular complexity index is 567. The lowest BCUT2D eigenvalue weighted by Gasteiger charge is -2.12. The summed E-state index contributed by atoms with van der Waals surface area (Å²) in [7, 11) is 0. The van der Waals surface area contributed by atoms with Crippen LogP contribution in [0, 0.1) is 10.1 Å². The molecule has 4 nitrogen and oxygen atoms in total. The summed E-state index contributed by atoms with van der Waals surface area (Å²) in [5, 5.41) is 11.0. The van der Waals surface area contributed by atoms with Gasteiger partial charge in [0.2, 0.25) is 0 Å². The van der Waals surface area contributed by atoms with Gasteiger partial charge in [-0.05, 0) is 11.6 Å². The SMILES string of the molecule is C=CC(c1cccnc1)c1ccccc1[N+](=O)[O-]. The van der Waals surface area contributed by atoms with Crippen LogP contribution in [0.5, 0.6) is 0 Å². The van der Waals surface area contributed by atoms with Crippen molar-refractivity contribution in [3.63, 3.8) is 0 Å². The average Bonchev–Trinajstić information content (AvgIpc) is 2.41. The highest BCUT2D eigenvalue weighted by Crippen LogP contribution is 2.31. The monoisotopic (exact) mass is 240 g/mol. The first-order chi connectivity index (χ1) is 8.74. The van der Waals surface area contributed by atoms with Crippen LogP contribution in [0.25, 0.3) is 0 Å². The van der Waals surface area contributed by atoms with Crippen LogP contribution in [0.15, 0.2) is 61.4 Å². The number of benzene rings is 1. The molecule has 0 aliphatic carbocycles. The van der Waals surface area contributed by atoms with Crippen LogP contribution in [0.2, 0.25) is 0 Å². The highest BCUT2D eigenvalue weighted by molar-refractivity contribution is 5.48. The summed E-state index contributed by atoms with van der Waals surface area (Å²) in [6, 6.07) is 10.4. The Balaban J connectivity index is 2.52. The summed E-state index contributed by atoms with van der Waals surface area (Å²) in [4.78, 5) is 14.7. The number of hydrogen-bond donors (Lipinski definition) is 0. The van der Waals surface area contributed by atoms with E-state index in [2.05, 4.69) is 11.6 Å².